The number of carbonyl (C=O) groups is 1. The molecule has 1 unspecified atom stereocenters. The van der Waals surface area contributed by atoms with Crippen molar-refractivity contribution < 1.29 is 19.0 Å². The fourth-order valence-corrected chi connectivity index (χ4v) is 2.49. The Morgan fingerprint density at radius 3 is 2.45 bits per heavy atom. The number of esters is 1. The van der Waals surface area contributed by atoms with Crippen molar-refractivity contribution >= 4 is 12.0 Å². The molecule has 5 heteroatoms. The SMILES string of the molecule is CC(COc1ccccc1)OC(=O)/C=C/c1ccc(OCc2cccnc2)cc1. The molecule has 0 N–H and O–H groups in total. The van der Waals surface area contributed by atoms with Gasteiger partial charge in [-0.3, -0.25) is 4.98 Å². The van der Waals surface area contributed by atoms with Crippen molar-refractivity contribution in [3.05, 3.63) is 96.3 Å². The molecule has 0 aliphatic rings. The topological polar surface area (TPSA) is 57.7 Å². The van der Waals surface area contributed by atoms with Crippen LogP contribution in [0.2, 0.25) is 0 Å². The first-order valence-electron chi connectivity index (χ1n) is 9.37. The van der Waals surface area contributed by atoms with Crippen molar-refractivity contribution in [1.29, 1.82) is 0 Å². The van der Waals surface area contributed by atoms with Crippen LogP contribution in [0.1, 0.15) is 18.1 Å². The third-order valence-corrected chi connectivity index (χ3v) is 3.97. The van der Waals surface area contributed by atoms with Crippen molar-refractivity contribution in [1.82, 2.24) is 4.98 Å². The molecule has 148 valence electrons. The highest BCUT2D eigenvalue weighted by Gasteiger charge is 2.07. The zero-order valence-electron chi connectivity index (χ0n) is 16.2. The Hall–Kier alpha value is -3.60. The Morgan fingerprint density at radius 1 is 0.966 bits per heavy atom. The lowest BCUT2D eigenvalue weighted by Crippen LogP contribution is -2.20. The highest BCUT2D eigenvalue weighted by Crippen LogP contribution is 2.15. The molecule has 0 bridgehead atoms. The molecule has 0 saturated heterocycles. The molecular weight excluding hydrogens is 366 g/mol. The third-order valence-electron chi connectivity index (χ3n) is 3.97. The van der Waals surface area contributed by atoms with Crippen LogP contribution in [0.15, 0.2) is 85.2 Å². The lowest BCUT2D eigenvalue weighted by atomic mass is 10.2. The number of ether oxygens (including phenoxy) is 3. The summed E-state index contributed by atoms with van der Waals surface area (Å²) < 4.78 is 16.6. The van der Waals surface area contributed by atoms with E-state index in [1.54, 1.807) is 25.4 Å². The summed E-state index contributed by atoms with van der Waals surface area (Å²) in [5, 5.41) is 0. The number of pyridine rings is 1. The first-order valence-corrected chi connectivity index (χ1v) is 9.37. The van der Waals surface area contributed by atoms with E-state index in [4.69, 9.17) is 14.2 Å². The molecular formula is C24H23NO4. The number of para-hydroxylation sites is 1. The zero-order valence-corrected chi connectivity index (χ0v) is 16.2. The van der Waals surface area contributed by atoms with Gasteiger partial charge in [0, 0.05) is 24.0 Å². The van der Waals surface area contributed by atoms with Crippen LogP contribution in [0.25, 0.3) is 6.08 Å². The summed E-state index contributed by atoms with van der Waals surface area (Å²) in [6, 6.07) is 20.7. The maximum atomic E-state index is 12.0. The van der Waals surface area contributed by atoms with Crippen molar-refractivity contribution in [2.24, 2.45) is 0 Å². The van der Waals surface area contributed by atoms with Gasteiger partial charge in [0.25, 0.3) is 0 Å². The average Bonchev–Trinajstić information content (AvgIpc) is 2.77. The minimum Gasteiger partial charge on any atom is -0.490 e. The zero-order chi connectivity index (χ0) is 20.3. The summed E-state index contributed by atoms with van der Waals surface area (Å²) in [6.45, 7) is 2.55. The molecule has 2 aromatic carbocycles. The van der Waals surface area contributed by atoms with Crippen LogP contribution in [0.5, 0.6) is 11.5 Å². The number of rotatable bonds is 9. The highest BCUT2D eigenvalue weighted by molar-refractivity contribution is 5.87. The number of hydrogen-bond donors (Lipinski definition) is 0. The molecule has 0 fully saturated rings. The minimum atomic E-state index is -0.411. The monoisotopic (exact) mass is 389 g/mol. The van der Waals surface area contributed by atoms with Crippen LogP contribution in [0.3, 0.4) is 0 Å². The molecule has 1 heterocycles. The van der Waals surface area contributed by atoms with Crippen molar-refractivity contribution in [2.45, 2.75) is 19.6 Å². The van der Waals surface area contributed by atoms with E-state index in [-0.39, 0.29) is 6.10 Å². The van der Waals surface area contributed by atoms with Gasteiger partial charge in [-0.15, -0.1) is 0 Å². The number of carbonyl (C=O) groups excluding carboxylic acids is 1. The van der Waals surface area contributed by atoms with Crippen molar-refractivity contribution in [3.8, 4) is 11.5 Å². The largest absolute Gasteiger partial charge is 0.490 e. The molecule has 1 aromatic heterocycles. The number of benzene rings is 2. The van der Waals surface area contributed by atoms with Crippen LogP contribution in [0.4, 0.5) is 0 Å². The van der Waals surface area contributed by atoms with Gasteiger partial charge < -0.3 is 14.2 Å². The smallest absolute Gasteiger partial charge is 0.331 e. The van der Waals surface area contributed by atoms with Crippen molar-refractivity contribution in [3.63, 3.8) is 0 Å². The van der Waals surface area contributed by atoms with E-state index in [1.807, 2.05) is 66.7 Å². The second kappa shape index (κ2) is 10.7. The molecule has 0 saturated carbocycles. The Bertz CT molecular complexity index is 909. The lowest BCUT2D eigenvalue weighted by Gasteiger charge is -2.13. The van der Waals surface area contributed by atoms with E-state index >= 15 is 0 Å². The normalized spacial score (nSPS) is 11.8. The number of aromatic nitrogens is 1. The minimum absolute atomic E-state index is 0.298. The van der Waals surface area contributed by atoms with Gasteiger partial charge in [0.1, 0.15) is 30.8 Å². The van der Waals surface area contributed by atoms with Gasteiger partial charge in [0.15, 0.2) is 0 Å². The van der Waals surface area contributed by atoms with Crippen LogP contribution in [-0.2, 0) is 16.1 Å². The second-order valence-electron chi connectivity index (χ2n) is 6.42. The van der Waals surface area contributed by atoms with Gasteiger partial charge in [-0.25, -0.2) is 4.79 Å². The molecule has 3 rings (SSSR count). The third kappa shape index (κ3) is 7.14. The molecule has 1 atom stereocenters. The van der Waals surface area contributed by atoms with E-state index in [9.17, 15) is 4.79 Å². The van der Waals surface area contributed by atoms with Crippen LogP contribution < -0.4 is 9.47 Å². The lowest BCUT2D eigenvalue weighted by molar-refractivity contribution is -0.143. The molecule has 0 spiro atoms. The van der Waals surface area contributed by atoms with Gasteiger partial charge in [-0.05, 0) is 48.9 Å². The summed E-state index contributed by atoms with van der Waals surface area (Å²) in [5.74, 6) is 1.09. The molecule has 3 aromatic rings. The standard InChI is InChI=1S/C24H23NO4/c1-19(17-27-22-7-3-2-4-8-22)29-24(26)14-11-20-9-12-23(13-10-20)28-18-21-6-5-15-25-16-21/h2-16,19H,17-18H2,1H3/b14-11+. The van der Waals surface area contributed by atoms with Crippen LogP contribution in [0, 0.1) is 0 Å². The summed E-state index contributed by atoms with van der Waals surface area (Å²) in [7, 11) is 0. The molecule has 0 aliphatic heterocycles. The van der Waals surface area contributed by atoms with E-state index < -0.39 is 5.97 Å². The van der Waals surface area contributed by atoms with E-state index in [0.29, 0.717) is 13.2 Å². The number of nitrogens with zero attached hydrogens (tertiary/aromatic N) is 1. The number of hydrogen-bond acceptors (Lipinski definition) is 5. The Labute approximate surface area is 170 Å². The predicted molar refractivity (Wildman–Crippen MR) is 112 cm³/mol. The van der Waals surface area contributed by atoms with Gasteiger partial charge >= 0.3 is 5.97 Å². The molecule has 0 radical (unpaired) electrons. The van der Waals surface area contributed by atoms with Crippen molar-refractivity contribution in [2.75, 3.05) is 6.61 Å². The maximum absolute atomic E-state index is 12.0. The van der Waals surface area contributed by atoms with Gasteiger partial charge in [0.2, 0.25) is 0 Å². The van der Waals surface area contributed by atoms with Crippen LogP contribution in [-0.4, -0.2) is 23.7 Å². The van der Waals surface area contributed by atoms with Crippen LogP contribution >= 0.6 is 0 Å². The Kier molecular flexibility index (Phi) is 7.41. The van der Waals surface area contributed by atoms with E-state index in [1.165, 1.54) is 6.08 Å². The first-order chi connectivity index (χ1) is 14.2. The maximum Gasteiger partial charge on any atom is 0.331 e. The van der Waals surface area contributed by atoms with Gasteiger partial charge in [0.05, 0.1) is 0 Å². The summed E-state index contributed by atoms with van der Waals surface area (Å²) in [5.41, 5.74) is 1.88. The average molecular weight is 389 g/mol. The predicted octanol–water partition coefficient (Wildman–Crippen LogP) is 4.68. The molecule has 0 aliphatic carbocycles. The summed E-state index contributed by atoms with van der Waals surface area (Å²) in [4.78, 5) is 16.0. The molecule has 29 heavy (non-hydrogen) atoms. The molecule has 0 amide bonds. The highest BCUT2D eigenvalue weighted by atomic mass is 16.6. The Morgan fingerprint density at radius 2 is 1.72 bits per heavy atom. The van der Waals surface area contributed by atoms with Gasteiger partial charge in [-0.2, -0.15) is 0 Å². The summed E-state index contributed by atoms with van der Waals surface area (Å²) >= 11 is 0. The quantitative estimate of drug-likeness (QED) is 0.393. The van der Waals surface area contributed by atoms with E-state index in [2.05, 4.69) is 4.98 Å². The fourth-order valence-electron chi connectivity index (χ4n) is 2.49. The van der Waals surface area contributed by atoms with E-state index in [0.717, 1.165) is 22.6 Å². The fraction of sp³-hybridized carbons (Fsp3) is 0.167. The summed E-state index contributed by atoms with van der Waals surface area (Å²) in [6.07, 6.45) is 6.26. The van der Waals surface area contributed by atoms with Gasteiger partial charge in [-0.1, -0.05) is 36.4 Å². The Balaban J connectivity index is 1.42. The molecule has 5 nitrogen and oxygen atoms in total. The second-order valence-corrected chi connectivity index (χ2v) is 6.42. The first kappa shape index (κ1) is 20.1.